The van der Waals surface area contributed by atoms with E-state index < -0.39 is 9.28 Å². The second kappa shape index (κ2) is 14.9. The topological polar surface area (TPSA) is 18.5 Å². The highest BCUT2D eigenvalue weighted by atomic mass is 28.3. The summed E-state index contributed by atoms with van der Waals surface area (Å²) in [4.78, 5) is 0. The van der Waals surface area contributed by atoms with E-state index in [1.807, 2.05) is 13.8 Å². The van der Waals surface area contributed by atoms with E-state index in [0.717, 1.165) is 19.3 Å². The Hall–Kier alpha value is -0.123. The van der Waals surface area contributed by atoms with Crippen LogP contribution in [0.5, 0.6) is 0 Å². The van der Waals surface area contributed by atoms with Crippen LogP contribution in [0.3, 0.4) is 0 Å². The van der Waals surface area contributed by atoms with Crippen molar-refractivity contribution in [2.45, 2.75) is 71.8 Å². The molecule has 108 valence electrons. The maximum Gasteiger partial charge on any atom is 0.325 e. The predicted octanol–water partition coefficient (Wildman–Crippen LogP) is 4.59. The summed E-state index contributed by atoms with van der Waals surface area (Å²) in [7, 11) is -1.39. The second-order valence-electron chi connectivity index (χ2n) is 4.60. The van der Waals surface area contributed by atoms with Crippen molar-refractivity contribution in [3.63, 3.8) is 0 Å². The number of hydrogen-bond donors (Lipinski definition) is 0. The van der Waals surface area contributed by atoms with Gasteiger partial charge in [0, 0.05) is 19.3 Å². The van der Waals surface area contributed by atoms with Crippen LogP contribution in [0, 0.1) is 0 Å². The third kappa shape index (κ3) is 12.3. The van der Waals surface area contributed by atoms with Crippen molar-refractivity contribution < 1.29 is 8.85 Å². The summed E-state index contributed by atoms with van der Waals surface area (Å²) in [6.07, 6.45) is 14.0. The zero-order chi connectivity index (χ0) is 13.5. The van der Waals surface area contributed by atoms with Gasteiger partial charge in [-0.3, -0.25) is 0 Å². The first-order valence-electron chi connectivity index (χ1n) is 7.73. The molecule has 0 rings (SSSR count). The van der Waals surface area contributed by atoms with Crippen molar-refractivity contribution in [1.29, 1.82) is 0 Å². The molecule has 0 bridgehead atoms. The molecule has 0 saturated heterocycles. The standard InChI is InChI=1S/C15H32O2Si/c1-4-7-8-9-10-11-12-13-14-15-18(16-5-2)17-6-3/h13-14,18H,4-12,15H2,1-3H3. The van der Waals surface area contributed by atoms with Crippen molar-refractivity contribution in [3.05, 3.63) is 12.2 Å². The van der Waals surface area contributed by atoms with Crippen LogP contribution in [0.4, 0.5) is 0 Å². The van der Waals surface area contributed by atoms with E-state index in [1.165, 1.54) is 44.9 Å². The molecule has 0 aromatic carbocycles. The summed E-state index contributed by atoms with van der Waals surface area (Å²) < 4.78 is 11.2. The monoisotopic (exact) mass is 272 g/mol. The van der Waals surface area contributed by atoms with Crippen LogP contribution < -0.4 is 0 Å². The highest BCUT2D eigenvalue weighted by Crippen LogP contribution is 2.08. The first-order valence-corrected chi connectivity index (χ1v) is 9.49. The molecule has 0 amide bonds. The SMILES string of the molecule is CCCCCCCCC=CC[SiH](OCC)OCC. The number of unbranched alkanes of at least 4 members (excludes halogenated alkanes) is 6. The molecular weight excluding hydrogens is 240 g/mol. The lowest BCUT2D eigenvalue weighted by Crippen LogP contribution is -2.21. The van der Waals surface area contributed by atoms with Gasteiger partial charge in [0.15, 0.2) is 0 Å². The zero-order valence-corrected chi connectivity index (χ0v) is 13.8. The third-order valence-electron chi connectivity index (χ3n) is 2.92. The zero-order valence-electron chi connectivity index (χ0n) is 12.6. The van der Waals surface area contributed by atoms with Gasteiger partial charge < -0.3 is 8.85 Å². The lowest BCUT2D eigenvalue weighted by Gasteiger charge is -2.12. The van der Waals surface area contributed by atoms with Gasteiger partial charge in [0.2, 0.25) is 0 Å². The highest BCUT2D eigenvalue weighted by molar-refractivity contribution is 6.45. The van der Waals surface area contributed by atoms with Gasteiger partial charge in [0.25, 0.3) is 0 Å². The van der Waals surface area contributed by atoms with Crippen molar-refractivity contribution >= 4 is 9.28 Å². The fourth-order valence-electron chi connectivity index (χ4n) is 1.92. The van der Waals surface area contributed by atoms with Crippen molar-refractivity contribution in [3.8, 4) is 0 Å². The molecule has 0 saturated carbocycles. The Bertz CT molecular complexity index is 177. The Kier molecular flexibility index (Phi) is 14.8. The average Bonchev–Trinajstić information content (AvgIpc) is 2.37. The second-order valence-corrected chi connectivity index (χ2v) is 6.60. The molecule has 0 aromatic rings. The Morgan fingerprint density at radius 2 is 1.39 bits per heavy atom. The van der Waals surface area contributed by atoms with E-state index in [1.54, 1.807) is 0 Å². The minimum absolute atomic E-state index is 0.780. The summed E-state index contributed by atoms with van der Waals surface area (Å²) in [6, 6.07) is 1.01. The van der Waals surface area contributed by atoms with E-state index in [4.69, 9.17) is 8.85 Å². The molecule has 0 fully saturated rings. The molecule has 0 radical (unpaired) electrons. The molecular formula is C15H32O2Si. The van der Waals surface area contributed by atoms with Gasteiger partial charge in [-0.2, -0.15) is 0 Å². The van der Waals surface area contributed by atoms with E-state index >= 15 is 0 Å². The summed E-state index contributed by atoms with van der Waals surface area (Å²) in [6.45, 7) is 7.90. The van der Waals surface area contributed by atoms with Crippen molar-refractivity contribution in [2.24, 2.45) is 0 Å². The van der Waals surface area contributed by atoms with Gasteiger partial charge in [0.05, 0.1) is 0 Å². The van der Waals surface area contributed by atoms with Crippen LogP contribution in [0.15, 0.2) is 12.2 Å². The molecule has 2 nitrogen and oxygen atoms in total. The van der Waals surface area contributed by atoms with Crippen LogP contribution in [0.2, 0.25) is 6.04 Å². The van der Waals surface area contributed by atoms with Crippen LogP contribution in [0.25, 0.3) is 0 Å². The van der Waals surface area contributed by atoms with E-state index in [-0.39, 0.29) is 0 Å². The van der Waals surface area contributed by atoms with Gasteiger partial charge in [-0.15, -0.1) is 0 Å². The quantitative estimate of drug-likeness (QED) is 0.277. The number of allylic oxidation sites excluding steroid dienone is 2. The minimum atomic E-state index is -1.39. The molecule has 0 atom stereocenters. The fourth-order valence-corrected chi connectivity index (χ4v) is 3.45. The van der Waals surface area contributed by atoms with Gasteiger partial charge in [-0.05, 0) is 26.7 Å². The summed E-state index contributed by atoms with van der Waals surface area (Å²) in [5.74, 6) is 0. The molecule has 3 heteroatoms. The molecule has 0 aliphatic carbocycles. The lowest BCUT2D eigenvalue weighted by molar-refractivity contribution is 0.216. The molecule has 18 heavy (non-hydrogen) atoms. The number of hydrogen-bond acceptors (Lipinski definition) is 2. The van der Waals surface area contributed by atoms with Gasteiger partial charge >= 0.3 is 9.28 Å². The van der Waals surface area contributed by atoms with Crippen LogP contribution in [0.1, 0.15) is 65.7 Å². The first kappa shape index (κ1) is 17.9. The third-order valence-corrected chi connectivity index (χ3v) is 4.99. The van der Waals surface area contributed by atoms with Crippen LogP contribution >= 0.6 is 0 Å². The molecule has 0 spiro atoms. The fraction of sp³-hybridized carbons (Fsp3) is 0.867. The summed E-state index contributed by atoms with van der Waals surface area (Å²) >= 11 is 0. The van der Waals surface area contributed by atoms with Crippen molar-refractivity contribution in [1.82, 2.24) is 0 Å². The normalized spacial score (nSPS) is 11.8. The molecule has 0 unspecified atom stereocenters. The van der Waals surface area contributed by atoms with Crippen molar-refractivity contribution in [2.75, 3.05) is 13.2 Å². The first-order chi connectivity index (χ1) is 8.85. The smallest absolute Gasteiger partial charge is 0.325 e. The van der Waals surface area contributed by atoms with Gasteiger partial charge in [0.1, 0.15) is 0 Å². The lowest BCUT2D eigenvalue weighted by atomic mass is 10.1. The maximum absolute atomic E-state index is 5.62. The van der Waals surface area contributed by atoms with Crippen LogP contribution in [-0.2, 0) is 8.85 Å². The van der Waals surface area contributed by atoms with E-state index in [9.17, 15) is 0 Å². The molecule has 0 aromatic heterocycles. The molecule has 0 aliphatic rings. The average molecular weight is 273 g/mol. The Labute approximate surface area is 116 Å². The van der Waals surface area contributed by atoms with E-state index in [0.29, 0.717) is 0 Å². The van der Waals surface area contributed by atoms with Gasteiger partial charge in [-0.25, -0.2) is 0 Å². The largest absolute Gasteiger partial charge is 0.397 e. The van der Waals surface area contributed by atoms with E-state index in [2.05, 4.69) is 19.1 Å². The molecule has 0 aliphatic heterocycles. The predicted molar refractivity (Wildman–Crippen MR) is 82.3 cm³/mol. The summed E-state index contributed by atoms with van der Waals surface area (Å²) in [5.41, 5.74) is 0. The van der Waals surface area contributed by atoms with Gasteiger partial charge in [-0.1, -0.05) is 51.2 Å². The Balaban J connectivity index is 3.39. The Morgan fingerprint density at radius 1 is 0.778 bits per heavy atom. The highest BCUT2D eigenvalue weighted by Gasteiger charge is 2.08. The summed E-state index contributed by atoms with van der Waals surface area (Å²) in [5, 5.41) is 0. The minimum Gasteiger partial charge on any atom is -0.397 e. The molecule has 0 heterocycles. The Morgan fingerprint density at radius 3 is 2.00 bits per heavy atom. The molecule has 0 N–H and O–H groups in total. The number of rotatable bonds is 13. The maximum atomic E-state index is 5.62. The van der Waals surface area contributed by atoms with Crippen LogP contribution in [-0.4, -0.2) is 22.5 Å².